The highest BCUT2D eigenvalue weighted by atomic mass is 32.2. The average molecular weight is 394 g/mol. The summed E-state index contributed by atoms with van der Waals surface area (Å²) < 4.78 is 29.1. The molecule has 0 bridgehead atoms. The van der Waals surface area contributed by atoms with Gasteiger partial charge in [0.05, 0.1) is 5.69 Å². The average Bonchev–Trinajstić information content (AvgIpc) is 3.12. The quantitative estimate of drug-likeness (QED) is 0.436. The molecule has 0 amide bonds. The summed E-state index contributed by atoms with van der Waals surface area (Å²) in [6.07, 6.45) is 3.43. The Kier molecular flexibility index (Phi) is 5.16. The predicted molar refractivity (Wildman–Crippen MR) is 105 cm³/mol. The molecule has 0 aliphatic heterocycles. The van der Waals surface area contributed by atoms with E-state index >= 15 is 0 Å². The van der Waals surface area contributed by atoms with E-state index in [1.807, 2.05) is 47.9 Å². The van der Waals surface area contributed by atoms with Crippen molar-refractivity contribution in [2.45, 2.75) is 17.8 Å². The summed E-state index contributed by atoms with van der Waals surface area (Å²) in [7, 11) is 0. The SMILES string of the molecule is Cc1ccccc1-n1c(SCc2ccc(F)cc2F)nnc1-c1cccnc1. The molecular formula is C21H16F2N4S. The number of pyridine rings is 1. The van der Waals surface area contributed by atoms with Crippen molar-refractivity contribution in [1.82, 2.24) is 19.7 Å². The van der Waals surface area contributed by atoms with Crippen LogP contribution in [0.1, 0.15) is 11.1 Å². The smallest absolute Gasteiger partial charge is 0.196 e. The fourth-order valence-electron chi connectivity index (χ4n) is 2.86. The molecule has 0 aliphatic carbocycles. The van der Waals surface area contributed by atoms with E-state index in [0.717, 1.165) is 22.9 Å². The first-order chi connectivity index (χ1) is 13.6. The predicted octanol–water partition coefficient (Wildman–Crippen LogP) is 5.21. The molecule has 7 heteroatoms. The van der Waals surface area contributed by atoms with Crippen LogP contribution < -0.4 is 0 Å². The van der Waals surface area contributed by atoms with Crippen molar-refractivity contribution in [2.24, 2.45) is 0 Å². The molecule has 0 spiro atoms. The van der Waals surface area contributed by atoms with Crippen LogP contribution in [0.25, 0.3) is 17.1 Å². The summed E-state index contributed by atoms with van der Waals surface area (Å²) in [5.41, 5.74) is 3.24. The zero-order valence-corrected chi connectivity index (χ0v) is 15.8. The van der Waals surface area contributed by atoms with Crippen LogP contribution in [0.5, 0.6) is 0 Å². The molecule has 0 N–H and O–H groups in total. The highest BCUT2D eigenvalue weighted by Crippen LogP contribution is 2.31. The molecule has 0 aliphatic rings. The number of aryl methyl sites for hydroxylation is 1. The lowest BCUT2D eigenvalue weighted by Gasteiger charge is -2.13. The van der Waals surface area contributed by atoms with Gasteiger partial charge in [0, 0.05) is 29.8 Å². The van der Waals surface area contributed by atoms with E-state index in [9.17, 15) is 8.78 Å². The van der Waals surface area contributed by atoms with Gasteiger partial charge in [-0.15, -0.1) is 10.2 Å². The zero-order valence-electron chi connectivity index (χ0n) is 15.0. The standard InChI is InChI=1S/C21H16F2N4S/c1-14-5-2-3-7-19(14)27-20(15-6-4-10-24-12-15)25-26-21(27)28-13-16-8-9-17(22)11-18(16)23/h2-12H,13H2,1H3. The fraction of sp³-hybridized carbons (Fsp3) is 0.0952. The number of para-hydroxylation sites is 1. The van der Waals surface area contributed by atoms with Gasteiger partial charge in [-0.05, 0) is 42.3 Å². The lowest BCUT2D eigenvalue weighted by atomic mass is 10.2. The fourth-order valence-corrected chi connectivity index (χ4v) is 3.79. The molecule has 0 fully saturated rings. The van der Waals surface area contributed by atoms with Gasteiger partial charge < -0.3 is 0 Å². The van der Waals surface area contributed by atoms with E-state index in [0.29, 0.717) is 22.3 Å². The van der Waals surface area contributed by atoms with Gasteiger partial charge in [0.1, 0.15) is 11.6 Å². The Morgan fingerprint density at radius 2 is 1.86 bits per heavy atom. The topological polar surface area (TPSA) is 43.6 Å². The van der Waals surface area contributed by atoms with Crippen LogP contribution in [0.4, 0.5) is 8.78 Å². The lowest BCUT2D eigenvalue weighted by molar-refractivity contribution is 0.576. The van der Waals surface area contributed by atoms with Gasteiger partial charge in [-0.3, -0.25) is 9.55 Å². The number of thioether (sulfide) groups is 1. The summed E-state index contributed by atoms with van der Waals surface area (Å²) in [4.78, 5) is 4.17. The van der Waals surface area contributed by atoms with Gasteiger partial charge in [0.2, 0.25) is 0 Å². The molecule has 0 radical (unpaired) electrons. The third kappa shape index (κ3) is 3.66. The number of nitrogens with zero attached hydrogens (tertiary/aromatic N) is 4. The first-order valence-corrected chi connectivity index (χ1v) is 9.60. The maximum atomic E-state index is 14.0. The largest absolute Gasteiger partial charge is 0.270 e. The van der Waals surface area contributed by atoms with Gasteiger partial charge in [0.25, 0.3) is 0 Å². The lowest BCUT2D eigenvalue weighted by Crippen LogP contribution is -2.02. The van der Waals surface area contributed by atoms with Crippen molar-refractivity contribution in [3.05, 3.63) is 89.8 Å². The van der Waals surface area contributed by atoms with Crippen LogP contribution in [0, 0.1) is 18.6 Å². The molecule has 0 saturated heterocycles. The minimum Gasteiger partial charge on any atom is -0.270 e. The first-order valence-electron chi connectivity index (χ1n) is 8.62. The summed E-state index contributed by atoms with van der Waals surface area (Å²) in [6.45, 7) is 2.01. The molecule has 4 aromatic rings. The van der Waals surface area contributed by atoms with Crippen molar-refractivity contribution < 1.29 is 8.78 Å². The summed E-state index contributed by atoms with van der Waals surface area (Å²) in [6, 6.07) is 15.3. The number of hydrogen-bond acceptors (Lipinski definition) is 4. The van der Waals surface area contributed by atoms with E-state index in [2.05, 4.69) is 15.2 Å². The van der Waals surface area contributed by atoms with Crippen molar-refractivity contribution in [3.8, 4) is 17.1 Å². The highest BCUT2D eigenvalue weighted by Gasteiger charge is 2.18. The first kappa shape index (κ1) is 18.3. The summed E-state index contributed by atoms with van der Waals surface area (Å²) in [5.74, 6) is -0.192. The summed E-state index contributed by atoms with van der Waals surface area (Å²) >= 11 is 1.35. The van der Waals surface area contributed by atoms with Crippen LogP contribution >= 0.6 is 11.8 Å². The molecule has 2 aromatic carbocycles. The maximum absolute atomic E-state index is 14.0. The second-order valence-corrected chi connectivity index (χ2v) is 7.14. The van der Waals surface area contributed by atoms with Crippen molar-refractivity contribution in [2.75, 3.05) is 0 Å². The molecule has 28 heavy (non-hydrogen) atoms. The Morgan fingerprint density at radius 1 is 1.00 bits per heavy atom. The molecule has 0 unspecified atom stereocenters. The van der Waals surface area contributed by atoms with Crippen LogP contribution in [-0.2, 0) is 5.75 Å². The van der Waals surface area contributed by atoms with Crippen molar-refractivity contribution >= 4 is 11.8 Å². The maximum Gasteiger partial charge on any atom is 0.196 e. The van der Waals surface area contributed by atoms with Crippen LogP contribution in [-0.4, -0.2) is 19.7 Å². The van der Waals surface area contributed by atoms with E-state index in [-0.39, 0.29) is 0 Å². The number of rotatable bonds is 5. The van der Waals surface area contributed by atoms with E-state index in [1.54, 1.807) is 12.4 Å². The number of aromatic nitrogens is 4. The third-order valence-electron chi connectivity index (χ3n) is 4.28. The Morgan fingerprint density at radius 3 is 2.61 bits per heavy atom. The molecule has 4 rings (SSSR count). The van der Waals surface area contributed by atoms with Gasteiger partial charge in [-0.25, -0.2) is 8.78 Å². The minimum absolute atomic E-state index is 0.309. The normalized spacial score (nSPS) is 11.0. The van der Waals surface area contributed by atoms with Crippen molar-refractivity contribution in [3.63, 3.8) is 0 Å². The van der Waals surface area contributed by atoms with Gasteiger partial charge in [0.15, 0.2) is 11.0 Å². The molecular weight excluding hydrogens is 378 g/mol. The van der Waals surface area contributed by atoms with E-state index < -0.39 is 11.6 Å². The highest BCUT2D eigenvalue weighted by molar-refractivity contribution is 7.98. The van der Waals surface area contributed by atoms with E-state index in [4.69, 9.17) is 0 Å². The van der Waals surface area contributed by atoms with E-state index in [1.165, 1.54) is 23.9 Å². The monoisotopic (exact) mass is 394 g/mol. The molecule has 2 heterocycles. The Bertz CT molecular complexity index is 1110. The molecule has 0 saturated carbocycles. The molecule has 140 valence electrons. The van der Waals surface area contributed by atoms with Gasteiger partial charge >= 0.3 is 0 Å². The second kappa shape index (κ2) is 7.90. The van der Waals surface area contributed by atoms with Crippen LogP contribution in [0.3, 0.4) is 0 Å². The van der Waals surface area contributed by atoms with Crippen LogP contribution in [0.15, 0.2) is 72.1 Å². The molecule has 4 nitrogen and oxygen atoms in total. The third-order valence-corrected chi connectivity index (χ3v) is 5.26. The number of benzene rings is 2. The second-order valence-electron chi connectivity index (χ2n) is 6.19. The van der Waals surface area contributed by atoms with Crippen LogP contribution in [0.2, 0.25) is 0 Å². The molecule has 2 aromatic heterocycles. The Hall–Kier alpha value is -3.06. The van der Waals surface area contributed by atoms with Crippen molar-refractivity contribution in [1.29, 1.82) is 0 Å². The zero-order chi connectivity index (χ0) is 19.5. The minimum atomic E-state index is -0.590. The molecule has 0 atom stereocenters. The number of hydrogen-bond donors (Lipinski definition) is 0. The van der Waals surface area contributed by atoms with Gasteiger partial charge in [-0.2, -0.15) is 0 Å². The van der Waals surface area contributed by atoms with Gasteiger partial charge in [-0.1, -0.05) is 36.0 Å². The Balaban J connectivity index is 1.75. The Labute approximate surface area is 165 Å². The number of halogens is 2. The summed E-state index contributed by atoms with van der Waals surface area (Å²) in [5, 5.41) is 9.30.